The highest BCUT2D eigenvalue weighted by Crippen LogP contribution is 2.30. The third kappa shape index (κ3) is 3.56. The molecular formula is C22H28N2O2. The monoisotopic (exact) mass is 352 g/mol. The van der Waals surface area contributed by atoms with Crippen LogP contribution in [0.3, 0.4) is 0 Å². The maximum Gasteiger partial charge on any atom is 0.410 e. The first-order valence-electron chi connectivity index (χ1n) is 9.61. The van der Waals surface area contributed by atoms with Crippen LogP contribution in [0.5, 0.6) is 0 Å². The molecule has 2 aromatic carbocycles. The van der Waals surface area contributed by atoms with Crippen molar-refractivity contribution < 1.29 is 9.53 Å². The minimum Gasteiger partial charge on any atom is -0.444 e. The molecule has 2 aromatic rings. The first-order chi connectivity index (χ1) is 12.4. The van der Waals surface area contributed by atoms with E-state index in [0.29, 0.717) is 6.04 Å². The van der Waals surface area contributed by atoms with E-state index in [4.69, 9.17) is 4.74 Å². The molecule has 138 valence electrons. The molecule has 1 saturated heterocycles. The summed E-state index contributed by atoms with van der Waals surface area (Å²) in [6.07, 6.45) is 2.05. The lowest BCUT2D eigenvalue weighted by atomic mass is 10.0. The SMILES string of the molecule is CC(C)(C)OC(=O)N1CCN(C2Cc3cc4ccccc4cc3C2)CC1. The Balaban J connectivity index is 1.38. The summed E-state index contributed by atoms with van der Waals surface area (Å²) in [5.74, 6) is 0. The highest BCUT2D eigenvalue weighted by Gasteiger charge is 2.32. The van der Waals surface area contributed by atoms with Crippen LogP contribution in [-0.2, 0) is 17.6 Å². The molecule has 0 saturated carbocycles. The molecule has 0 aromatic heterocycles. The van der Waals surface area contributed by atoms with Crippen molar-refractivity contribution in [2.24, 2.45) is 0 Å². The molecule has 2 aliphatic rings. The third-order valence-electron chi connectivity index (χ3n) is 5.46. The van der Waals surface area contributed by atoms with Crippen molar-refractivity contribution in [1.29, 1.82) is 0 Å². The second kappa shape index (κ2) is 6.58. The van der Waals surface area contributed by atoms with Gasteiger partial charge in [-0.25, -0.2) is 4.79 Å². The lowest BCUT2D eigenvalue weighted by Crippen LogP contribution is -2.53. The number of carbonyl (C=O) groups excluding carboxylic acids is 1. The minimum atomic E-state index is -0.427. The van der Waals surface area contributed by atoms with Gasteiger partial charge in [-0.2, -0.15) is 0 Å². The zero-order chi connectivity index (χ0) is 18.3. The number of amides is 1. The number of carbonyl (C=O) groups is 1. The summed E-state index contributed by atoms with van der Waals surface area (Å²) in [4.78, 5) is 16.6. The molecule has 1 aliphatic carbocycles. The number of ether oxygens (including phenoxy) is 1. The van der Waals surface area contributed by atoms with Crippen molar-refractivity contribution in [1.82, 2.24) is 9.80 Å². The van der Waals surface area contributed by atoms with Crippen LogP contribution in [0.4, 0.5) is 4.79 Å². The van der Waals surface area contributed by atoms with E-state index < -0.39 is 5.60 Å². The number of hydrogen-bond donors (Lipinski definition) is 0. The summed E-state index contributed by atoms with van der Waals surface area (Å²) in [5, 5.41) is 2.67. The molecule has 4 nitrogen and oxygen atoms in total. The van der Waals surface area contributed by atoms with E-state index in [1.165, 1.54) is 21.9 Å². The summed E-state index contributed by atoms with van der Waals surface area (Å²) >= 11 is 0. The third-order valence-corrected chi connectivity index (χ3v) is 5.46. The van der Waals surface area contributed by atoms with Crippen molar-refractivity contribution in [3.8, 4) is 0 Å². The largest absolute Gasteiger partial charge is 0.444 e. The molecule has 0 bridgehead atoms. The Morgan fingerprint density at radius 2 is 1.50 bits per heavy atom. The zero-order valence-electron chi connectivity index (χ0n) is 16.0. The maximum absolute atomic E-state index is 12.2. The lowest BCUT2D eigenvalue weighted by Gasteiger charge is -2.38. The molecule has 1 heterocycles. The molecule has 0 N–H and O–H groups in total. The van der Waals surface area contributed by atoms with E-state index in [2.05, 4.69) is 41.3 Å². The van der Waals surface area contributed by atoms with Gasteiger partial charge in [0.05, 0.1) is 0 Å². The van der Waals surface area contributed by atoms with Crippen LogP contribution < -0.4 is 0 Å². The van der Waals surface area contributed by atoms with Gasteiger partial charge in [0.2, 0.25) is 0 Å². The van der Waals surface area contributed by atoms with E-state index in [-0.39, 0.29) is 6.09 Å². The van der Waals surface area contributed by atoms with Crippen LogP contribution >= 0.6 is 0 Å². The van der Waals surface area contributed by atoms with Gasteiger partial charge >= 0.3 is 6.09 Å². The molecule has 4 rings (SSSR count). The van der Waals surface area contributed by atoms with Gasteiger partial charge in [0, 0.05) is 32.2 Å². The van der Waals surface area contributed by atoms with Gasteiger partial charge in [0.25, 0.3) is 0 Å². The molecule has 0 spiro atoms. The summed E-state index contributed by atoms with van der Waals surface area (Å²) in [7, 11) is 0. The van der Waals surface area contributed by atoms with Crippen molar-refractivity contribution in [2.45, 2.75) is 45.3 Å². The van der Waals surface area contributed by atoms with E-state index in [1.54, 1.807) is 0 Å². The molecule has 0 atom stereocenters. The van der Waals surface area contributed by atoms with Gasteiger partial charge in [-0.3, -0.25) is 4.90 Å². The van der Waals surface area contributed by atoms with Crippen LogP contribution in [0.2, 0.25) is 0 Å². The highest BCUT2D eigenvalue weighted by molar-refractivity contribution is 5.84. The Labute approximate surface area is 155 Å². The first-order valence-corrected chi connectivity index (χ1v) is 9.61. The summed E-state index contributed by atoms with van der Waals surface area (Å²) in [6, 6.07) is 13.9. The number of piperazine rings is 1. The van der Waals surface area contributed by atoms with Crippen molar-refractivity contribution in [3.05, 3.63) is 47.5 Å². The normalized spacial score (nSPS) is 19.0. The fourth-order valence-electron chi connectivity index (χ4n) is 4.15. The van der Waals surface area contributed by atoms with Crippen LogP contribution in [0.25, 0.3) is 10.8 Å². The van der Waals surface area contributed by atoms with Gasteiger partial charge in [-0.1, -0.05) is 36.4 Å². The lowest BCUT2D eigenvalue weighted by molar-refractivity contribution is 0.0107. The highest BCUT2D eigenvalue weighted by atomic mass is 16.6. The Hall–Kier alpha value is -2.07. The van der Waals surface area contributed by atoms with Gasteiger partial charge in [-0.05, 0) is 55.5 Å². The standard InChI is InChI=1S/C22H28N2O2/c1-22(2,3)26-21(25)24-10-8-23(9-11-24)20-14-18-12-16-6-4-5-7-17(16)13-19(18)15-20/h4-7,12-13,20H,8-11,14-15H2,1-3H3. The van der Waals surface area contributed by atoms with Crippen molar-refractivity contribution in [3.63, 3.8) is 0 Å². The van der Waals surface area contributed by atoms with Gasteiger partial charge in [0.15, 0.2) is 0 Å². The van der Waals surface area contributed by atoms with E-state index >= 15 is 0 Å². The van der Waals surface area contributed by atoms with Gasteiger partial charge < -0.3 is 9.64 Å². The average molecular weight is 352 g/mol. The van der Waals surface area contributed by atoms with Crippen LogP contribution in [0.15, 0.2) is 36.4 Å². The second-order valence-electron chi connectivity index (χ2n) is 8.53. The van der Waals surface area contributed by atoms with E-state index in [9.17, 15) is 4.79 Å². The van der Waals surface area contributed by atoms with Crippen LogP contribution in [0.1, 0.15) is 31.9 Å². The Bertz CT molecular complexity index is 772. The number of fused-ring (bicyclic) bond motifs is 2. The molecule has 1 amide bonds. The number of nitrogens with zero attached hydrogens (tertiary/aromatic N) is 2. The average Bonchev–Trinajstić information content (AvgIpc) is 3.01. The fourth-order valence-corrected chi connectivity index (χ4v) is 4.15. The molecule has 0 unspecified atom stereocenters. The molecule has 1 fully saturated rings. The van der Waals surface area contributed by atoms with E-state index in [1.807, 2.05) is 25.7 Å². The predicted octanol–water partition coefficient (Wildman–Crippen LogP) is 3.86. The Morgan fingerprint density at radius 1 is 0.962 bits per heavy atom. The quantitative estimate of drug-likeness (QED) is 0.781. The van der Waals surface area contributed by atoms with Gasteiger partial charge in [-0.15, -0.1) is 0 Å². The topological polar surface area (TPSA) is 32.8 Å². The summed E-state index contributed by atoms with van der Waals surface area (Å²) in [5.41, 5.74) is 2.55. The second-order valence-corrected chi connectivity index (χ2v) is 8.53. The molecule has 4 heteroatoms. The molecule has 26 heavy (non-hydrogen) atoms. The minimum absolute atomic E-state index is 0.182. The molecular weight excluding hydrogens is 324 g/mol. The number of hydrogen-bond acceptors (Lipinski definition) is 3. The number of rotatable bonds is 1. The van der Waals surface area contributed by atoms with Crippen molar-refractivity contribution >= 4 is 16.9 Å². The predicted molar refractivity (Wildman–Crippen MR) is 105 cm³/mol. The Morgan fingerprint density at radius 3 is 2.00 bits per heavy atom. The van der Waals surface area contributed by atoms with Crippen LogP contribution in [-0.4, -0.2) is 53.7 Å². The maximum atomic E-state index is 12.2. The molecule has 0 radical (unpaired) electrons. The first kappa shape index (κ1) is 17.3. The van der Waals surface area contributed by atoms with Gasteiger partial charge in [0.1, 0.15) is 5.60 Å². The van der Waals surface area contributed by atoms with Crippen molar-refractivity contribution in [2.75, 3.05) is 26.2 Å². The summed E-state index contributed by atoms with van der Waals surface area (Å²) in [6.45, 7) is 9.12. The Kier molecular flexibility index (Phi) is 4.39. The molecule has 1 aliphatic heterocycles. The number of benzene rings is 2. The van der Waals surface area contributed by atoms with E-state index in [0.717, 1.165) is 39.0 Å². The smallest absolute Gasteiger partial charge is 0.410 e. The zero-order valence-corrected chi connectivity index (χ0v) is 16.0. The van der Waals surface area contributed by atoms with Crippen LogP contribution in [0, 0.1) is 0 Å². The fraction of sp³-hybridized carbons (Fsp3) is 0.500. The summed E-state index contributed by atoms with van der Waals surface area (Å²) < 4.78 is 5.50.